The predicted octanol–water partition coefficient (Wildman–Crippen LogP) is 4.67. The molecule has 0 saturated carbocycles. The van der Waals surface area contributed by atoms with E-state index in [-0.39, 0.29) is 17.5 Å². The lowest BCUT2D eigenvalue weighted by atomic mass is 10.0. The van der Waals surface area contributed by atoms with Gasteiger partial charge in [-0.15, -0.1) is 0 Å². The number of carbonyl (C=O) groups excluding carboxylic acids is 1. The molecule has 1 aromatic carbocycles. The minimum absolute atomic E-state index is 0.265. The maximum Gasteiger partial charge on any atom is 0.416 e. The van der Waals surface area contributed by atoms with Crippen molar-refractivity contribution in [1.82, 2.24) is 25.7 Å². The van der Waals surface area contributed by atoms with Gasteiger partial charge in [0.05, 0.1) is 17.1 Å². The Labute approximate surface area is 168 Å². The average molecular weight is 417 g/mol. The molecule has 1 unspecified atom stereocenters. The average Bonchev–Trinajstić information content (AvgIpc) is 3.38. The number of alkyl halides is 3. The first-order valence-electron chi connectivity index (χ1n) is 9.13. The van der Waals surface area contributed by atoms with Crippen molar-refractivity contribution in [1.29, 1.82) is 0 Å². The summed E-state index contributed by atoms with van der Waals surface area (Å²) < 4.78 is 43.8. The summed E-state index contributed by atoms with van der Waals surface area (Å²) in [5, 5.41) is 14.1. The number of nitrogens with zero attached hydrogens (tertiary/aromatic N) is 2. The van der Waals surface area contributed by atoms with Gasteiger partial charge >= 0.3 is 6.18 Å². The number of hydrogen-bond donors (Lipinski definition) is 3. The standard InChI is InChI=1S/C20H18F3N5O2/c1-9-6-15(28-30-9)11(3)25-19(29)17-10(2)14(8-24-17)18-13-5-4-12(20(21,22)23)7-16(13)26-27-18/h4-8,11,24H,1-3H3,(H,25,29)(H,26,27). The number of H-pyrrole nitrogens is 2. The van der Waals surface area contributed by atoms with Gasteiger partial charge in [0.1, 0.15) is 22.8 Å². The molecule has 4 aromatic rings. The maximum absolute atomic E-state index is 12.9. The fraction of sp³-hybridized carbons (Fsp3) is 0.250. The molecule has 0 bridgehead atoms. The number of nitrogens with one attached hydrogen (secondary N) is 3. The number of aryl methyl sites for hydroxylation is 1. The highest BCUT2D eigenvalue weighted by Gasteiger charge is 2.31. The highest BCUT2D eigenvalue weighted by molar-refractivity contribution is 5.99. The minimum Gasteiger partial charge on any atom is -0.361 e. The summed E-state index contributed by atoms with van der Waals surface area (Å²) in [5.74, 6) is 0.301. The van der Waals surface area contributed by atoms with Crippen molar-refractivity contribution in [3.8, 4) is 11.3 Å². The van der Waals surface area contributed by atoms with Gasteiger partial charge in [-0.2, -0.15) is 18.3 Å². The Bertz CT molecular complexity index is 1240. The highest BCUT2D eigenvalue weighted by Crippen LogP contribution is 2.35. The van der Waals surface area contributed by atoms with Gasteiger partial charge < -0.3 is 14.8 Å². The second-order valence-electron chi connectivity index (χ2n) is 7.09. The molecular formula is C20H18F3N5O2. The molecule has 3 aromatic heterocycles. The first kappa shape index (κ1) is 19.7. The van der Waals surface area contributed by atoms with Crippen LogP contribution in [0.25, 0.3) is 22.2 Å². The molecule has 156 valence electrons. The van der Waals surface area contributed by atoms with Crippen LogP contribution < -0.4 is 5.32 Å². The zero-order chi connectivity index (χ0) is 21.6. The molecule has 7 nitrogen and oxygen atoms in total. The Morgan fingerprint density at radius 3 is 2.67 bits per heavy atom. The van der Waals surface area contributed by atoms with Gasteiger partial charge in [-0.25, -0.2) is 0 Å². The fourth-order valence-electron chi connectivity index (χ4n) is 3.31. The SMILES string of the molecule is Cc1cc(C(C)NC(=O)c2[nH]cc(-c3n[nH]c4cc(C(F)(F)F)ccc34)c2C)no1. The van der Waals surface area contributed by atoms with Crippen molar-refractivity contribution in [2.75, 3.05) is 0 Å². The highest BCUT2D eigenvalue weighted by atomic mass is 19.4. The summed E-state index contributed by atoms with van der Waals surface area (Å²) in [6, 6.07) is 4.77. The third-order valence-corrected chi connectivity index (χ3v) is 4.95. The normalized spacial score (nSPS) is 13.0. The van der Waals surface area contributed by atoms with Gasteiger partial charge in [-0.1, -0.05) is 5.16 Å². The Morgan fingerprint density at radius 2 is 2.00 bits per heavy atom. The Hall–Kier alpha value is -3.56. The Morgan fingerprint density at radius 1 is 1.23 bits per heavy atom. The summed E-state index contributed by atoms with van der Waals surface area (Å²) in [7, 11) is 0. The number of fused-ring (bicyclic) bond motifs is 1. The van der Waals surface area contributed by atoms with E-state index in [4.69, 9.17) is 4.52 Å². The van der Waals surface area contributed by atoms with Crippen LogP contribution in [-0.4, -0.2) is 26.2 Å². The molecule has 10 heteroatoms. The van der Waals surface area contributed by atoms with Crippen molar-refractivity contribution in [3.63, 3.8) is 0 Å². The number of rotatable bonds is 4. The molecule has 0 fully saturated rings. The molecule has 0 aliphatic rings. The van der Waals surface area contributed by atoms with E-state index in [1.165, 1.54) is 6.07 Å². The second-order valence-corrected chi connectivity index (χ2v) is 7.09. The summed E-state index contributed by atoms with van der Waals surface area (Å²) in [6.07, 6.45) is -2.82. The van der Waals surface area contributed by atoms with E-state index >= 15 is 0 Å². The largest absolute Gasteiger partial charge is 0.416 e. The maximum atomic E-state index is 12.9. The van der Waals surface area contributed by atoms with Crippen LogP contribution in [0.1, 0.15) is 46.0 Å². The smallest absolute Gasteiger partial charge is 0.361 e. The second kappa shape index (κ2) is 7.05. The van der Waals surface area contributed by atoms with Crippen molar-refractivity contribution < 1.29 is 22.5 Å². The van der Waals surface area contributed by atoms with Gasteiger partial charge in [-0.3, -0.25) is 9.89 Å². The van der Waals surface area contributed by atoms with E-state index in [1.807, 2.05) is 0 Å². The number of aromatic amines is 2. The van der Waals surface area contributed by atoms with Crippen molar-refractivity contribution in [3.05, 3.63) is 58.7 Å². The summed E-state index contributed by atoms with van der Waals surface area (Å²) >= 11 is 0. The molecular weight excluding hydrogens is 399 g/mol. The molecule has 3 N–H and O–H groups in total. The topological polar surface area (TPSA) is 99.6 Å². The quantitative estimate of drug-likeness (QED) is 0.449. The summed E-state index contributed by atoms with van der Waals surface area (Å²) in [5.41, 5.74) is 2.16. The van der Waals surface area contributed by atoms with E-state index in [0.717, 1.165) is 12.1 Å². The third kappa shape index (κ3) is 3.44. The van der Waals surface area contributed by atoms with Crippen LogP contribution >= 0.6 is 0 Å². The van der Waals surface area contributed by atoms with Gasteiger partial charge in [0.25, 0.3) is 5.91 Å². The van der Waals surface area contributed by atoms with E-state index in [9.17, 15) is 18.0 Å². The lowest BCUT2D eigenvalue weighted by Gasteiger charge is -2.10. The van der Waals surface area contributed by atoms with Crippen LogP contribution in [0, 0.1) is 13.8 Å². The van der Waals surface area contributed by atoms with Crippen molar-refractivity contribution >= 4 is 16.8 Å². The monoisotopic (exact) mass is 417 g/mol. The lowest BCUT2D eigenvalue weighted by molar-refractivity contribution is -0.137. The molecule has 0 aliphatic heterocycles. The van der Waals surface area contributed by atoms with E-state index in [0.29, 0.717) is 39.4 Å². The van der Waals surface area contributed by atoms with Crippen LogP contribution in [0.2, 0.25) is 0 Å². The van der Waals surface area contributed by atoms with Crippen LogP contribution in [-0.2, 0) is 6.18 Å². The van der Waals surface area contributed by atoms with Crippen molar-refractivity contribution in [2.45, 2.75) is 33.0 Å². The Balaban J connectivity index is 1.62. The fourth-order valence-corrected chi connectivity index (χ4v) is 3.31. The zero-order valence-corrected chi connectivity index (χ0v) is 16.3. The minimum atomic E-state index is -4.44. The first-order chi connectivity index (χ1) is 14.1. The van der Waals surface area contributed by atoms with Crippen LogP contribution in [0.15, 0.2) is 35.0 Å². The van der Waals surface area contributed by atoms with E-state index in [1.54, 1.807) is 33.0 Å². The summed E-state index contributed by atoms with van der Waals surface area (Å²) in [4.78, 5) is 15.6. The summed E-state index contributed by atoms with van der Waals surface area (Å²) in [6.45, 7) is 5.29. The van der Waals surface area contributed by atoms with Gasteiger partial charge in [0.2, 0.25) is 0 Å². The molecule has 0 aliphatic carbocycles. The molecule has 4 rings (SSSR count). The molecule has 0 saturated heterocycles. The van der Waals surface area contributed by atoms with Gasteiger partial charge in [0.15, 0.2) is 0 Å². The number of benzene rings is 1. The number of halogens is 3. The molecule has 1 amide bonds. The Kier molecular flexibility index (Phi) is 4.64. The van der Waals surface area contributed by atoms with Crippen LogP contribution in [0.3, 0.4) is 0 Å². The van der Waals surface area contributed by atoms with E-state index in [2.05, 4.69) is 25.7 Å². The van der Waals surface area contributed by atoms with Crippen LogP contribution in [0.5, 0.6) is 0 Å². The number of carbonyl (C=O) groups is 1. The first-order valence-corrected chi connectivity index (χ1v) is 9.13. The predicted molar refractivity (Wildman–Crippen MR) is 103 cm³/mol. The molecule has 0 spiro atoms. The van der Waals surface area contributed by atoms with Gasteiger partial charge in [-0.05, 0) is 44.5 Å². The van der Waals surface area contributed by atoms with Crippen molar-refractivity contribution in [2.24, 2.45) is 0 Å². The third-order valence-electron chi connectivity index (χ3n) is 4.95. The zero-order valence-electron chi connectivity index (χ0n) is 16.3. The van der Waals surface area contributed by atoms with Gasteiger partial charge in [0, 0.05) is 23.2 Å². The molecule has 1 atom stereocenters. The number of hydrogen-bond acceptors (Lipinski definition) is 4. The number of aromatic nitrogens is 4. The lowest BCUT2D eigenvalue weighted by Crippen LogP contribution is -2.27. The van der Waals surface area contributed by atoms with Crippen LogP contribution in [0.4, 0.5) is 13.2 Å². The molecule has 0 radical (unpaired) electrons. The number of amides is 1. The van der Waals surface area contributed by atoms with E-state index < -0.39 is 11.7 Å². The molecule has 3 heterocycles. The molecule has 30 heavy (non-hydrogen) atoms.